The summed E-state index contributed by atoms with van der Waals surface area (Å²) < 4.78 is 3.93. The van der Waals surface area contributed by atoms with Crippen LogP contribution in [0.25, 0.3) is 0 Å². The van der Waals surface area contributed by atoms with Gasteiger partial charge in [-0.3, -0.25) is 0 Å². The van der Waals surface area contributed by atoms with Gasteiger partial charge in [-0.2, -0.15) is 5.11 Å². The molecule has 4 heteroatoms. The van der Waals surface area contributed by atoms with Gasteiger partial charge in [0.25, 0.3) is 0 Å². The van der Waals surface area contributed by atoms with Crippen LogP contribution in [0.15, 0.2) is 21.1 Å². The maximum Gasteiger partial charge on any atom is 0.0716 e. The van der Waals surface area contributed by atoms with Crippen molar-refractivity contribution in [2.24, 2.45) is 9.63 Å². The smallest absolute Gasteiger partial charge is 0.0716 e. The highest BCUT2D eigenvalue weighted by molar-refractivity contribution is 8.77. The summed E-state index contributed by atoms with van der Waals surface area (Å²) in [7, 11) is 3.09. The second-order valence-corrected chi connectivity index (χ2v) is 4.14. The van der Waals surface area contributed by atoms with Crippen LogP contribution in [0.4, 0.5) is 0 Å². The molecule has 0 bridgehead atoms. The zero-order chi connectivity index (χ0) is 7.78. The van der Waals surface area contributed by atoms with Gasteiger partial charge in [-0.1, -0.05) is 12.5 Å². The molecule has 0 aromatic rings. The van der Waals surface area contributed by atoms with Crippen molar-refractivity contribution < 1.29 is 0 Å². The van der Waals surface area contributed by atoms with E-state index in [1.165, 1.54) is 36.7 Å². The average molecular weight is 188 g/mol. The second kappa shape index (κ2) is 6.73. The zero-order valence-electron chi connectivity index (χ0n) is 6.40. The Labute approximate surface area is 75.5 Å². The highest BCUT2D eigenvalue weighted by atomic mass is 33.1. The first-order valence-corrected chi connectivity index (χ1v) is 6.01. The number of rotatable bonds is 0. The van der Waals surface area contributed by atoms with Crippen molar-refractivity contribution in [1.82, 2.24) is 0 Å². The average Bonchev–Trinajstić information content (AvgIpc) is 2.08. The lowest BCUT2D eigenvalue weighted by Gasteiger charge is -1.92. The molecule has 11 heavy (non-hydrogen) atoms. The van der Waals surface area contributed by atoms with Crippen LogP contribution >= 0.6 is 21.8 Å². The van der Waals surface area contributed by atoms with Crippen molar-refractivity contribution in [3.63, 3.8) is 0 Å². The van der Waals surface area contributed by atoms with Crippen molar-refractivity contribution in [2.75, 3.05) is 6.54 Å². The van der Waals surface area contributed by atoms with Crippen LogP contribution < -0.4 is 0 Å². The van der Waals surface area contributed by atoms with Crippen molar-refractivity contribution in [2.45, 2.75) is 25.7 Å². The Hall–Kier alpha value is 0.0400. The third kappa shape index (κ3) is 5.32. The number of hydrogen-bond donors (Lipinski definition) is 0. The van der Waals surface area contributed by atoms with Gasteiger partial charge < -0.3 is 0 Å². The van der Waals surface area contributed by atoms with E-state index in [1.54, 1.807) is 10.8 Å². The van der Waals surface area contributed by atoms with Gasteiger partial charge in [-0.05, 0) is 35.5 Å². The summed E-state index contributed by atoms with van der Waals surface area (Å²) in [6.07, 6.45) is 7.16. The minimum Gasteiger partial charge on any atom is -0.181 e. The summed E-state index contributed by atoms with van der Waals surface area (Å²) in [6.45, 7) is 0.896. The minimum absolute atomic E-state index is 0.896. The highest BCUT2D eigenvalue weighted by Crippen LogP contribution is 2.24. The monoisotopic (exact) mass is 188 g/mol. The van der Waals surface area contributed by atoms with E-state index in [0.29, 0.717) is 0 Å². The summed E-state index contributed by atoms with van der Waals surface area (Å²) in [5.74, 6) is 0. The van der Waals surface area contributed by atoms with Gasteiger partial charge in [-0.25, -0.2) is 0 Å². The largest absolute Gasteiger partial charge is 0.181 e. The molecule has 1 heterocycles. The molecule has 0 radical (unpaired) electrons. The lowest BCUT2D eigenvalue weighted by molar-refractivity contribution is 0.688. The van der Waals surface area contributed by atoms with E-state index >= 15 is 0 Å². The summed E-state index contributed by atoms with van der Waals surface area (Å²) in [6, 6.07) is 0. The van der Waals surface area contributed by atoms with Crippen molar-refractivity contribution in [1.29, 1.82) is 0 Å². The normalized spacial score (nSPS) is 26.9. The molecule has 0 saturated heterocycles. The van der Waals surface area contributed by atoms with Gasteiger partial charge >= 0.3 is 0 Å². The second-order valence-electron chi connectivity index (χ2n) is 2.34. The summed E-state index contributed by atoms with van der Waals surface area (Å²) in [5, 5.41) is 6.10. The molecule has 0 amide bonds. The predicted octanol–water partition coefficient (Wildman–Crippen LogP) is 3.82. The first-order chi connectivity index (χ1) is 5.50. The Kier molecular flexibility index (Phi) is 5.59. The SMILES string of the molecule is C1=C\SS/N=N\CCCCC/1. The van der Waals surface area contributed by atoms with Crippen LogP contribution in [0.1, 0.15) is 25.7 Å². The molecule has 0 aromatic heterocycles. The standard InChI is InChI=1S/C7H12N2S2/c1-2-4-6-8-9-11-10-7-5-3-1/h5,7H,1-4,6H2/b7-5-,9-8-. The summed E-state index contributed by atoms with van der Waals surface area (Å²) >= 11 is 0. The topological polar surface area (TPSA) is 24.7 Å². The van der Waals surface area contributed by atoms with Gasteiger partial charge in [0.1, 0.15) is 0 Å². The van der Waals surface area contributed by atoms with Crippen LogP contribution in [0.3, 0.4) is 0 Å². The predicted molar refractivity (Wildman–Crippen MR) is 52.5 cm³/mol. The lowest BCUT2D eigenvalue weighted by Crippen LogP contribution is -1.79. The van der Waals surface area contributed by atoms with Crippen LogP contribution in [-0.4, -0.2) is 6.54 Å². The van der Waals surface area contributed by atoms with E-state index in [4.69, 9.17) is 0 Å². The van der Waals surface area contributed by atoms with Crippen LogP contribution in [0.2, 0.25) is 0 Å². The quantitative estimate of drug-likeness (QED) is 0.426. The van der Waals surface area contributed by atoms with E-state index < -0.39 is 0 Å². The molecule has 0 fully saturated rings. The Morgan fingerprint density at radius 1 is 1.18 bits per heavy atom. The first kappa shape index (κ1) is 9.13. The molecule has 1 aliphatic heterocycles. The lowest BCUT2D eigenvalue weighted by atomic mass is 10.2. The molecular formula is C7H12N2S2. The molecule has 0 aromatic carbocycles. The molecule has 0 saturated carbocycles. The number of allylic oxidation sites excluding steroid dienone is 1. The molecule has 2 nitrogen and oxygen atoms in total. The molecule has 0 aliphatic carbocycles. The van der Waals surface area contributed by atoms with Gasteiger partial charge in [0.15, 0.2) is 0 Å². The fraction of sp³-hybridized carbons (Fsp3) is 0.714. The molecule has 1 aliphatic rings. The van der Waals surface area contributed by atoms with E-state index in [9.17, 15) is 0 Å². The molecule has 1 rings (SSSR count). The van der Waals surface area contributed by atoms with E-state index in [-0.39, 0.29) is 0 Å². The van der Waals surface area contributed by atoms with Crippen molar-refractivity contribution >= 4 is 21.8 Å². The Morgan fingerprint density at radius 3 is 3.18 bits per heavy atom. The van der Waals surface area contributed by atoms with Gasteiger partial charge in [0.05, 0.1) is 17.5 Å². The first-order valence-electron chi connectivity index (χ1n) is 3.84. The fourth-order valence-electron chi connectivity index (χ4n) is 0.837. The van der Waals surface area contributed by atoms with E-state index in [1.807, 2.05) is 0 Å². The molecule has 0 spiro atoms. The highest BCUT2D eigenvalue weighted by Gasteiger charge is 1.89. The van der Waals surface area contributed by atoms with Gasteiger partial charge in [0.2, 0.25) is 0 Å². The Morgan fingerprint density at radius 2 is 2.18 bits per heavy atom. The van der Waals surface area contributed by atoms with Crippen molar-refractivity contribution in [3.8, 4) is 0 Å². The third-order valence-corrected chi connectivity index (χ3v) is 2.78. The maximum absolute atomic E-state index is 4.01. The van der Waals surface area contributed by atoms with Crippen molar-refractivity contribution in [3.05, 3.63) is 11.5 Å². The minimum atomic E-state index is 0.896. The van der Waals surface area contributed by atoms with E-state index in [0.717, 1.165) is 6.54 Å². The van der Waals surface area contributed by atoms with Gasteiger partial charge in [0, 0.05) is 0 Å². The molecule has 62 valence electrons. The molecule has 0 atom stereocenters. The third-order valence-electron chi connectivity index (χ3n) is 1.41. The van der Waals surface area contributed by atoms with Crippen LogP contribution in [0.5, 0.6) is 0 Å². The molecular weight excluding hydrogens is 176 g/mol. The Balaban J connectivity index is 2.22. The number of nitrogens with zero attached hydrogens (tertiary/aromatic N) is 2. The fourth-order valence-corrected chi connectivity index (χ4v) is 1.91. The summed E-state index contributed by atoms with van der Waals surface area (Å²) in [4.78, 5) is 0. The van der Waals surface area contributed by atoms with Gasteiger partial charge in [-0.15, -0.1) is 4.52 Å². The summed E-state index contributed by atoms with van der Waals surface area (Å²) in [5.41, 5.74) is 0. The Bertz CT molecular complexity index is 129. The molecule has 0 N–H and O–H groups in total. The van der Waals surface area contributed by atoms with Crippen LogP contribution in [0, 0.1) is 0 Å². The zero-order valence-corrected chi connectivity index (χ0v) is 8.03. The number of hydrogen-bond acceptors (Lipinski definition) is 4. The molecule has 0 unspecified atom stereocenters. The van der Waals surface area contributed by atoms with E-state index in [2.05, 4.69) is 21.1 Å². The maximum atomic E-state index is 4.01. The van der Waals surface area contributed by atoms with Crippen LogP contribution in [-0.2, 0) is 0 Å².